The van der Waals surface area contributed by atoms with Gasteiger partial charge >= 0.3 is 5.97 Å². The first-order valence-corrected chi connectivity index (χ1v) is 8.52. The molecule has 4 rings (SSSR count). The summed E-state index contributed by atoms with van der Waals surface area (Å²) in [6.07, 6.45) is 3.56. The summed E-state index contributed by atoms with van der Waals surface area (Å²) in [4.78, 5) is 23.8. The van der Waals surface area contributed by atoms with Crippen LogP contribution in [-0.2, 0) is 0 Å². The van der Waals surface area contributed by atoms with Crippen molar-refractivity contribution in [2.75, 3.05) is 13.1 Å². The molecule has 1 aliphatic carbocycles. The van der Waals surface area contributed by atoms with Gasteiger partial charge in [-0.2, -0.15) is 0 Å². The van der Waals surface area contributed by atoms with Crippen LogP contribution in [-0.4, -0.2) is 34.8 Å². The van der Waals surface area contributed by atoms with Crippen LogP contribution < -0.4 is 15.5 Å². The molecule has 2 N–H and O–H groups in total. The van der Waals surface area contributed by atoms with E-state index in [1.807, 2.05) is 0 Å². The lowest BCUT2D eigenvalue weighted by Crippen LogP contribution is -2.22. The molecule has 2 aromatic rings. The van der Waals surface area contributed by atoms with E-state index < -0.39 is 17.2 Å². The van der Waals surface area contributed by atoms with E-state index in [1.54, 1.807) is 4.57 Å². The van der Waals surface area contributed by atoms with Crippen LogP contribution >= 0.6 is 24.0 Å². The van der Waals surface area contributed by atoms with Gasteiger partial charge in [0.05, 0.1) is 10.9 Å². The van der Waals surface area contributed by atoms with Gasteiger partial charge in [0.15, 0.2) is 11.6 Å². The first-order valence-electron chi connectivity index (χ1n) is 8.15. The minimum absolute atomic E-state index is 0. The van der Waals surface area contributed by atoms with Crippen LogP contribution in [0.25, 0.3) is 10.9 Å². The van der Waals surface area contributed by atoms with Gasteiger partial charge in [-0.25, -0.2) is 9.18 Å². The summed E-state index contributed by atoms with van der Waals surface area (Å²) in [5, 5.41) is 12.4. The highest BCUT2D eigenvalue weighted by Crippen LogP contribution is 2.42. The van der Waals surface area contributed by atoms with E-state index in [4.69, 9.17) is 16.3 Å². The summed E-state index contributed by atoms with van der Waals surface area (Å²) < 4.78 is 22.0. The molecule has 26 heavy (non-hydrogen) atoms. The van der Waals surface area contributed by atoms with Gasteiger partial charge in [-0.1, -0.05) is 11.6 Å². The number of aromatic nitrogens is 1. The van der Waals surface area contributed by atoms with Crippen molar-refractivity contribution < 1.29 is 19.0 Å². The number of benzene rings is 1. The van der Waals surface area contributed by atoms with Gasteiger partial charge in [0.25, 0.3) is 0 Å². The third-order valence-electron chi connectivity index (χ3n) is 4.64. The number of pyridine rings is 1. The molecule has 2 heterocycles. The Bertz CT molecular complexity index is 937. The van der Waals surface area contributed by atoms with Gasteiger partial charge in [0.1, 0.15) is 16.7 Å². The van der Waals surface area contributed by atoms with Crippen molar-refractivity contribution in [1.82, 2.24) is 9.88 Å². The lowest BCUT2D eigenvalue weighted by Gasteiger charge is -2.18. The van der Waals surface area contributed by atoms with Gasteiger partial charge in [-0.3, -0.25) is 4.79 Å². The predicted molar refractivity (Wildman–Crippen MR) is 97.6 cm³/mol. The molecule has 9 heteroatoms. The number of fused-ring (bicyclic) bond motifs is 1. The van der Waals surface area contributed by atoms with Crippen LogP contribution in [0.5, 0.6) is 5.75 Å². The van der Waals surface area contributed by atoms with Crippen molar-refractivity contribution in [3.8, 4) is 5.75 Å². The summed E-state index contributed by atoms with van der Waals surface area (Å²) in [5.74, 6) is -2.18. The van der Waals surface area contributed by atoms with Crippen molar-refractivity contribution >= 4 is 40.9 Å². The molecule has 1 aromatic carbocycles. The van der Waals surface area contributed by atoms with Gasteiger partial charge in [0.2, 0.25) is 5.43 Å². The number of nitrogens with one attached hydrogen (secondary N) is 1. The lowest BCUT2D eigenvalue weighted by molar-refractivity contribution is 0.0695. The normalized spacial score (nSPS) is 19.4. The number of ether oxygens (including phenoxy) is 1. The van der Waals surface area contributed by atoms with Crippen LogP contribution in [0.15, 0.2) is 17.1 Å². The van der Waals surface area contributed by atoms with E-state index in [-0.39, 0.29) is 46.3 Å². The molecule has 0 radical (unpaired) electrons. The van der Waals surface area contributed by atoms with Gasteiger partial charge in [0, 0.05) is 18.8 Å². The fourth-order valence-electron chi connectivity index (χ4n) is 3.22. The van der Waals surface area contributed by atoms with Crippen molar-refractivity contribution in [2.45, 2.75) is 31.4 Å². The molecule has 0 spiro atoms. The quantitative estimate of drug-likeness (QED) is 0.821. The number of carboxylic acids is 1. The largest absolute Gasteiger partial charge is 0.484 e. The standard InChI is InChI=1S/C17H16ClFN2O4.ClH/c18-13-14-10(5-12(19)16(13)25-9-3-4-20-6-9)15(22)11(17(23)24)7-21(14)8-1-2-8;/h5,7-9,20H,1-4,6H2,(H,23,24);1H. The van der Waals surface area contributed by atoms with E-state index in [2.05, 4.69) is 5.32 Å². The second-order valence-electron chi connectivity index (χ2n) is 6.45. The van der Waals surface area contributed by atoms with E-state index in [0.29, 0.717) is 12.1 Å². The van der Waals surface area contributed by atoms with Crippen molar-refractivity contribution in [2.24, 2.45) is 0 Å². The fourth-order valence-corrected chi connectivity index (χ4v) is 3.55. The average Bonchev–Trinajstić information content (AvgIpc) is 3.28. The minimum Gasteiger partial charge on any atom is -0.484 e. The molecule has 1 aliphatic heterocycles. The molecule has 6 nitrogen and oxygen atoms in total. The number of hydrogen-bond acceptors (Lipinski definition) is 4. The third kappa shape index (κ3) is 3.15. The van der Waals surface area contributed by atoms with E-state index >= 15 is 0 Å². The summed E-state index contributed by atoms with van der Waals surface area (Å²) >= 11 is 6.41. The molecule has 2 aliphatic rings. The Morgan fingerprint density at radius 3 is 2.69 bits per heavy atom. The molecule has 1 saturated heterocycles. The monoisotopic (exact) mass is 402 g/mol. The Kier molecular flexibility index (Phi) is 5.14. The van der Waals surface area contributed by atoms with Gasteiger partial charge < -0.3 is 19.7 Å². The topological polar surface area (TPSA) is 80.6 Å². The van der Waals surface area contributed by atoms with E-state index in [1.165, 1.54) is 6.20 Å². The first kappa shape index (κ1) is 18.9. The summed E-state index contributed by atoms with van der Waals surface area (Å²) in [6, 6.07) is 1.09. The molecule has 1 aromatic heterocycles. The van der Waals surface area contributed by atoms with Crippen molar-refractivity contribution in [3.05, 3.63) is 38.9 Å². The Balaban J connectivity index is 0.00000196. The lowest BCUT2D eigenvalue weighted by atomic mass is 10.1. The number of rotatable bonds is 4. The fraction of sp³-hybridized carbons (Fsp3) is 0.412. The maximum absolute atomic E-state index is 14.6. The van der Waals surface area contributed by atoms with Gasteiger partial charge in [-0.15, -0.1) is 12.4 Å². The molecule has 0 bridgehead atoms. The third-order valence-corrected chi connectivity index (χ3v) is 4.99. The number of carboxylic acid groups (broad SMARTS) is 1. The van der Waals surface area contributed by atoms with E-state index in [0.717, 1.165) is 31.9 Å². The number of aromatic carboxylic acids is 1. The zero-order valence-electron chi connectivity index (χ0n) is 13.6. The van der Waals surface area contributed by atoms with Crippen LogP contribution in [0.1, 0.15) is 35.7 Å². The number of nitrogens with zero attached hydrogens (tertiary/aromatic N) is 1. The molecular weight excluding hydrogens is 386 g/mol. The van der Waals surface area contributed by atoms with Crippen LogP contribution in [0.3, 0.4) is 0 Å². The first-order chi connectivity index (χ1) is 12.0. The molecule has 1 atom stereocenters. The zero-order chi connectivity index (χ0) is 17.7. The molecule has 0 amide bonds. The highest BCUT2D eigenvalue weighted by molar-refractivity contribution is 6.36. The second-order valence-corrected chi connectivity index (χ2v) is 6.82. The minimum atomic E-state index is -1.34. The Hall–Kier alpha value is -1.83. The smallest absolute Gasteiger partial charge is 0.341 e. The predicted octanol–water partition coefficient (Wildman–Crippen LogP) is 2.99. The Labute approximate surface area is 159 Å². The molecule has 140 valence electrons. The second kappa shape index (κ2) is 7.06. The average molecular weight is 403 g/mol. The van der Waals surface area contributed by atoms with Crippen LogP contribution in [0.2, 0.25) is 5.02 Å². The number of halogens is 3. The number of hydrogen-bond donors (Lipinski definition) is 2. The maximum atomic E-state index is 14.6. The van der Waals surface area contributed by atoms with Crippen LogP contribution in [0.4, 0.5) is 4.39 Å². The van der Waals surface area contributed by atoms with Gasteiger partial charge in [-0.05, 0) is 31.9 Å². The number of carbonyl (C=O) groups is 1. The zero-order valence-corrected chi connectivity index (χ0v) is 15.2. The highest BCUT2D eigenvalue weighted by Gasteiger charge is 2.30. The molecule has 2 fully saturated rings. The highest BCUT2D eigenvalue weighted by atomic mass is 35.5. The Morgan fingerprint density at radius 1 is 1.38 bits per heavy atom. The SMILES string of the molecule is Cl.O=C(O)c1cn(C2CC2)c2c(Cl)c(OC3CCNC3)c(F)cc2c1=O. The Morgan fingerprint density at radius 2 is 2.12 bits per heavy atom. The van der Waals surface area contributed by atoms with Crippen molar-refractivity contribution in [1.29, 1.82) is 0 Å². The summed E-state index contributed by atoms with van der Waals surface area (Å²) in [6.45, 7) is 1.38. The van der Waals surface area contributed by atoms with Crippen molar-refractivity contribution in [3.63, 3.8) is 0 Å². The molecule has 1 saturated carbocycles. The molecule has 1 unspecified atom stereocenters. The maximum Gasteiger partial charge on any atom is 0.341 e. The van der Waals surface area contributed by atoms with E-state index in [9.17, 15) is 19.1 Å². The summed E-state index contributed by atoms with van der Waals surface area (Å²) in [7, 11) is 0. The summed E-state index contributed by atoms with van der Waals surface area (Å²) in [5.41, 5.74) is -0.792. The molecular formula is C17H17Cl2FN2O4. The van der Waals surface area contributed by atoms with Crippen LogP contribution in [0, 0.1) is 5.82 Å².